The zero-order chi connectivity index (χ0) is 15.4. The Morgan fingerprint density at radius 2 is 2.00 bits per heavy atom. The van der Waals surface area contributed by atoms with Gasteiger partial charge in [0.1, 0.15) is 5.75 Å². The van der Waals surface area contributed by atoms with E-state index < -0.39 is 0 Å². The second-order valence-corrected chi connectivity index (χ2v) is 5.51. The van der Waals surface area contributed by atoms with Gasteiger partial charge in [-0.05, 0) is 48.2 Å². The number of hydrogen-bond acceptors (Lipinski definition) is 2. The number of aliphatic imine (C=N–C) groups is 1. The van der Waals surface area contributed by atoms with E-state index in [4.69, 9.17) is 10.5 Å². The number of aryl methyl sites for hydroxylation is 1. The Morgan fingerprint density at radius 1 is 1.23 bits per heavy atom. The molecule has 22 heavy (non-hydrogen) atoms. The Balaban J connectivity index is 1.61. The SMILES string of the molecule is COc1ccc(NC(N)=NCC2CCc3ccccc32)cc1. The van der Waals surface area contributed by atoms with Crippen molar-refractivity contribution in [2.75, 3.05) is 19.0 Å². The number of methoxy groups -OCH3 is 1. The van der Waals surface area contributed by atoms with Crippen molar-refractivity contribution in [2.45, 2.75) is 18.8 Å². The highest BCUT2D eigenvalue weighted by Gasteiger charge is 2.21. The first-order valence-corrected chi connectivity index (χ1v) is 7.55. The molecule has 2 aromatic carbocycles. The van der Waals surface area contributed by atoms with Crippen LogP contribution in [0, 0.1) is 0 Å². The van der Waals surface area contributed by atoms with Gasteiger partial charge in [-0.1, -0.05) is 24.3 Å². The molecule has 1 atom stereocenters. The first-order chi connectivity index (χ1) is 10.8. The van der Waals surface area contributed by atoms with Crippen molar-refractivity contribution in [1.29, 1.82) is 0 Å². The van der Waals surface area contributed by atoms with E-state index >= 15 is 0 Å². The summed E-state index contributed by atoms with van der Waals surface area (Å²) in [5.41, 5.74) is 9.76. The van der Waals surface area contributed by atoms with Crippen LogP contribution >= 0.6 is 0 Å². The van der Waals surface area contributed by atoms with Crippen LogP contribution in [0.4, 0.5) is 5.69 Å². The minimum Gasteiger partial charge on any atom is -0.497 e. The number of nitrogens with two attached hydrogens (primary N) is 1. The normalized spacial score (nSPS) is 17.1. The predicted molar refractivity (Wildman–Crippen MR) is 90.6 cm³/mol. The highest BCUT2D eigenvalue weighted by atomic mass is 16.5. The molecule has 0 aromatic heterocycles. The third-order valence-corrected chi connectivity index (χ3v) is 4.10. The molecule has 2 aromatic rings. The summed E-state index contributed by atoms with van der Waals surface area (Å²) in [6.07, 6.45) is 2.29. The number of anilines is 1. The molecule has 0 saturated carbocycles. The molecule has 4 heteroatoms. The maximum atomic E-state index is 5.98. The lowest BCUT2D eigenvalue weighted by Gasteiger charge is -2.10. The number of guanidine groups is 1. The van der Waals surface area contributed by atoms with E-state index in [-0.39, 0.29) is 0 Å². The second-order valence-electron chi connectivity index (χ2n) is 5.51. The summed E-state index contributed by atoms with van der Waals surface area (Å²) in [5.74, 6) is 1.76. The standard InChI is InChI=1S/C18H21N3O/c1-22-16-10-8-15(9-11-16)21-18(19)20-12-14-7-6-13-4-2-3-5-17(13)14/h2-5,8-11,14H,6-7,12H2,1H3,(H3,19,20,21). The Hall–Kier alpha value is -2.49. The van der Waals surface area contributed by atoms with Crippen molar-refractivity contribution in [2.24, 2.45) is 10.7 Å². The number of rotatable bonds is 4. The van der Waals surface area contributed by atoms with Crippen molar-refractivity contribution in [3.63, 3.8) is 0 Å². The van der Waals surface area contributed by atoms with Crippen molar-refractivity contribution >= 4 is 11.6 Å². The van der Waals surface area contributed by atoms with Crippen molar-refractivity contribution in [3.05, 3.63) is 59.7 Å². The van der Waals surface area contributed by atoms with Gasteiger partial charge in [0, 0.05) is 18.2 Å². The van der Waals surface area contributed by atoms with Gasteiger partial charge in [0.05, 0.1) is 7.11 Å². The first kappa shape index (κ1) is 14.4. The molecule has 0 saturated heterocycles. The molecule has 4 nitrogen and oxygen atoms in total. The van der Waals surface area contributed by atoms with E-state index in [0.717, 1.165) is 30.8 Å². The monoisotopic (exact) mass is 295 g/mol. The van der Waals surface area contributed by atoms with Crippen molar-refractivity contribution in [1.82, 2.24) is 0 Å². The van der Waals surface area contributed by atoms with Gasteiger partial charge in [0.15, 0.2) is 5.96 Å². The van der Waals surface area contributed by atoms with Gasteiger partial charge >= 0.3 is 0 Å². The predicted octanol–water partition coefficient (Wildman–Crippen LogP) is 3.15. The van der Waals surface area contributed by atoms with Gasteiger partial charge in [-0.2, -0.15) is 0 Å². The quantitative estimate of drug-likeness (QED) is 0.673. The molecule has 114 valence electrons. The summed E-state index contributed by atoms with van der Waals surface area (Å²) in [5, 5.41) is 3.11. The van der Waals surface area contributed by atoms with E-state index in [0.29, 0.717) is 11.9 Å². The zero-order valence-corrected chi connectivity index (χ0v) is 12.8. The summed E-state index contributed by atoms with van der Waals surface area (Å²) in [4.78, 5) is 4.49. The zero-order valence-electron chi connectivity index (χ0n) is 12.8. The third-order valence-electron chi connectivity index (χ3n) is 4.10. The molecule has 0 radical (unpaired) electrons. The van der Waals surface area contributed by atoms with Crippen LogP contribution in [0.3, 0.4) is 0 Å². The molecular weight excluding hydrogens is 274 g/mol. The Morgan fingerprint density at radius 3 is 2.77 bits per heavy atom. The molecule has 1 aliphatic rings. The topological polar surface area (TPSA) is 59.6 Å². The van der Waals surface area contributed by atoms with Crippen LogP contribution in [-0.4, -0.2) is 19.6 Å². The second kappa shape index (κ2) is 6.52. The molecule has 0 amide bonds. The molecule has 0 spiro atoms. The van der Waals surface area contributed by atoms with Crippen LogP contribution in [0.1, 0.15) is 23.5 Å². The number of fused-ring (bicyclic) bond motifs is 1. The fraction of sp³-hybridized carbons (Fsp3) is 0.278. The summed E-state index contributed by atoms with van der Waals surface area (Å²) in [6.45, 7) is 0.728. The number of nitrogens with zero attached hydrogens (tertiary/aromatic N) is 1. The fourth-order valence-corrected chi connectivity index (χ4v) is 2.91. The van der Waals surface area contributed by atoms with Gasteiger partial charge < -0.3 is 15.8 Å². The van der Waals surface area contributed by atoms with E-state index in [2.05, 4.69) is 34.6 Å². The minimum atomic E-state index is 0.453. The smallest absolute Gasteiger partial charge is 0.193 e. The molecule has 0 aliphatic heterocycles. The fourth-order valence-electron chi connectivity index (χ4n) is 2.91. The number of ether oxygens (including phenoxy) is 1. The largest absolute Gasteiger partial charge is 0.497 e. The van der Waals surface area contributed by atoms with Crippen LogP contribution in [0.25, 0.3) is 0 Å². The highest BCUT2D eigenvalue weighted by molar-refractivity contribution is 5.92. The van der Waals surface area contributed by atoms with Gasteiger partial charge in [-0.3, -0.25) is 4.99 Å². The number of hydrogen-bond donors (Lipinski definition) is 2. The van der Waals surface area contributed by atoms with Gasteiger partial charge in [0.2, 0.25) is 0 Å². The molecule has 1 aliphatic carbocycles. The van der Waals surface area contributed by atoms with Crippen molar-refractivity contribution < 1.29 is 4.74 Å². The molecular formula is C18H21N3O. The van der Waals surface area contributed by atoms with Crippen LogP contribution in [0.5, 0.6) is 5.75 Å². The summed E-state index contributed by atoms with van der Waals surface area (Å²) >= 11 is 0. The average molecular weight is 295 g/mol. The molecule has 1 unspecified atom stereocenters. The Kier molecular flexibility index (Phi) is 4.28. The third kappa shape index (κ3) is 3.22. The molecule has 0 fully saturated rings. The van der Waals surface area contributed by atoms with E-state index in [1.807, 2.05) is 24.3 Å². The molecule has 0 heterocycles. The maximum absolute atomic E-state index is 5.98. The summed E-state index contributed by atoms with van der Waals surface area (Å²) in [6, 6.07) is 16.2. The van der Waals surface area contributed by atoms with E-state index in [1.54, 1.807) is 7.11 Å². The Labute approximate surface area is 131 Å². The number of nitrogens with one attached hydrogen (secondary N) is 1. The molecule has 3 N–H and O–H groups in total. The van der Waals surface area contributed by atoms with Crippen LogP contribution in [0.15, 0.2) is 53.5 Å². The van der Waals surface area contributed by atoms with Crippen LogP contribution in [-0.2, 0) is 6.42 Å². The molecule has 0 bridgehead atoms. The van der Waals surface area contributed by atoms with E-state index in [1.165, 1.54) is 11.1 Å². The van der Waals surface area contributed by atoms with Crippen molar-refractivity contribution in [3.8, 4) is 5.75 Å². The van der Waals surface area contributed by atoms with E-state index in [9.17, 15) is 0 Å². The lowest BCUT2D eigenvalue weighted by Crippen LogP contribution is -2.23. The first-order valence-electron chi connectivity index (χ1n) is 7.55. The van der Waals surface area contributed by atoms with Gasteiger partial charge in [-0.25, -0.2) is 0 Å². The van der Waals surface area contributed by atoms with Crippen LogP contribution < -0.4 is 15.8 Å². The average Bonchev–Trinajstić information content (AvgIpc) is 2.97. The van der Waals surface area contributed by atoms with Gasteiger partial charge in [0.25, 0.3) is 0 Å². The summed E-state index contributed by atoms with van der Waals surface area (Å²) < 4.78 is 5.13. The van der Waals surface area contributed by atoms with Gasteiger partial charge in [-0.15, -0.1) is 0 Å². The highest BCUT2D eigenvalue weighted by Crippen LogP contribution is 2.32. The van der Waals surface area contributed by atoms with Crippen LogP contribution in [0.2, 0.25) is 0 Å². The lowest BCUT2D eigenvalue weighted by atomic mass is 10.0. The number of benzene rings is 2. The summed E-state index contributed by atoms with van der Waals surface area (Å²) in [7, 11) is 1.65. The maximum Gasteiger partial charge on any atom is 0.193 e. The Bertz CT molecular complexity index is 664. The lowest BCUT2D eigenvalue weighted by molar-refractivity contribution is 0.415. The minimum absolute atomic E-state index is 0.453. The molecule has 3 rings (SSSR count).